The summed E-state index contributed by atoms with van der Waals surface area (Å²) in [6.45, 7) is 10.9. The van der Waals surface area contributed by atoms with Gasteiger partial charge in [-0.3, -0.25) is 10.1 Å². The molecule has 1 aromatic carbocycles. The summed E-state index contributed by atoms with van der Waals surface area (Å²) in [6, 6.07) is 4.51. The number of benzene rings is 1. The van der Waals surface area contributed by atoms with Gasteiger partial charge in [0, 0.05) is 28.3 Å². The van der Waals surface area contributed by atoms with Crippen molar-refractivity contribution in [3.8, 4) is 0 Å². The van der Waals surface area contributed by atoms with Gasteiger partial charge < -0.3 is 4.84 Å². The molecule has 5 atom stereocenters. The lowest BCUT2D eigenvalue weighted by Gasteiger charge is -2.38. The molecule has 0 amide bonds. The monoisotopic (exact) mass is 554 g/mol. The van der Waals surface area contributed by atoms with Gasteiger partial charge in [0.15, 0.2) is 0 Å². The van der Waals surface area contributed by atoms with E-state index in [-0.39, 0.29) is 21.9 Å². The number of halogens is 1. The number of hydrogen-bond acceptors (Lipinski definition) is 7. The van der Waals surface area contributed by atoms with Crippen molar-refractivity contribution in [2.75, 3.05) is 5.33 Å². The number of carbonyl (C=O) groups is 1. The molecule has 190 valence electrons. The molecule has 3 saturated carbocycles. The normalized spacial score (nSPS) is 38.6. The molecule has 0 radical (unpaired) electrons. The van der Waals surface area contributed by atoms with Crippen molar-refractivity contribution in [3.05, 3.63) is 39.7 Å². The molecule has 1 heterocycles. The molecule has 8 nitrogen and oxygen atoms in total. The first kappa shape index (κ1) is 23.9. The molecule has 4 bridgehead atoms. The summed E-state index contributed by atoms with van der Waals surface area (Å²) in [5.41, 5.74) is 1.43. The number of nitro groups is 1. The fourth-order valence-electron chi connectivity index (χ4n) is 8.00. The molecule has 0 saturated heterocycles. The Hall–Kier alpha value is -2.42. The molecule has 0 N–H and O–H groups in total. The van der Waals surface area contributed by atoms with Crippen molar-refractivity contribution in [2.45, 2.75) is 77.6 Å². The van der Waals surface area contributed by atoms with E-state index in [9.17, 15) is 14.9 Å². The van der Waals surface area contributed by atoms with E-state index in [1.165, 1.54) is 18.6 Å². The zero-order valence-electron chi connectivity index (χ0n) is 21.4. The van der Waals surface area contributed by atoms with E-state index in [0.717, 1.165) is 36.0 Å². The SMILES string of the molecule is CC12CCC(CC1=NOC(=O)C13CCC(C)(c4nc5ccc([N+](=O)[O-])cc5nc41)C3(C)C)C2(C)CBr. The van der Waals surface area contributed by atoms with Crippen LogP contribution in [0.25, 0.3) is 11.0 Å². The van der Waals surface area contributed by atoms with Crippen LogP contribution < -0.4 is 0 Å². The average Bonchev–Trinajstić information content (AvgIpc) is 3.37. The second-order valence-electron chi connectivity index (χ2n) is 12.5. The number of oxime groups is 1. The Kier molecular flexibility index (Phi) is 4.73. The summed E-state index contributed by atoms with van der Waals surface area (Å²) in [5.74, 6) is 0.136. The zero-order chi connectivity index (χ0) is 25.9. The van der Waals surface area contributed by atoms with Crippen molar-refractivity contribution < 1.29 is 14.6 Å². The molecule has 2 aromatic rings. The third kappa shape index (κ3) is 2.50. The van der Waals surface area contributed by atoms with E-state index >= 15 is 0 Å². The standard InChI is InChI=1S/C27H31BrN4O4/c1-23(2)25(4)10-11-27(23,21-20(25)29-17-7-6-16(32(34)35)13-18(17)30-21)22(33)36-31-19-12-15-8-9-24(19,3)26(15,5)14-28/h6-7,13,15H,8-12,14H2,1-5H3. The lowest BCUT2D eigenvalue weighted by molar-refractivity contribution is -0.384. The van der Waals surface area contributed by atoms with Crippen LogP contribution in [0.1, 0.15) is 78.1 Å². The van der Waals surface area contributed by atoms with Gasteiger partial charge in [-0.05, 0) is 54.9 Å². The number of non-ortho nitro benzene ring substituents is 1. The van der Waals surface area contributed by atoms with Crippen LogP contribution in [0.2, 0.25) is 0 Å². The van der Waals surface area contributed by atoms with Gasteiger partial charge in [0.05, 0.1) is 33.1 Å². The molecule has 36 heavy (non-hydrogen) atoms. The van der Waals surface area contributed by atoms with Crippen LogP contribution in [0.5, 0.6) is 0 Å². The third-order valence-corrected chi connectivity index (χ3v) is 12.5. The van der Waals surface area contributed by atoms with Crippen molar-refractivity contribution in [1.29, 1.82) is 0 Å². The molecule has 1 aromatic heterocycles. The summed E-state index contributed by atoms with van der Waals surface area (Å²) in [4.78, 5) is 40.6. The molecule has 6 rings (SSSR count). The molecule has 4 aliphatic carbocycles. The molecular weight excluding hydrogens is 524 g/mol. The van der Waals surface area contributed by atoms with Crippen LogP contribution >= 0.6 is 15.9 Å². The Labute approximate surface area is 218 Å². The lowest BCUT2D eigenvalue weighted by atomic mass is 9.64. The maximum Gasteiger partial charge on any atom is 0.347 e. The summed E-state index contributed by atoms with van der Waals surface area (Å²) in [5, 5.41) is 16.8. The van der Waals surface area contributed by atoms with Gasteiger partial charge in [-0.15, -0.1) is 0 Å². The molecule has 0 aliphatic heterocycles. The predicted molar refractivity (Wildman–Crippen MR) is 139 cm³/mol. The van der Waals surface area contributed by atoms with Crippen molar-refractivity contribution in [1.82, 2.24) is 9.97 Å². The van der Waals surface area contributed by atoms with Gasteiger partial charge in [-0.1, -0.05) is 55.7 Å². The van der Waals surface area contributed by atoms with Crippen LogP contribution in [0.4, 0.5) is 5.69 Å². The second-order valence-corrected chi connectivity index (χ2v) is 13.0. The van der Waals surface area contributed by atoms with Crippen LogP contribution in [-0.4, -0.2) is 31.9 Å². The number of nitrogens with zero attached hydrogens (tertiary/aromatic N) is 4. The van der Waals surface area contributed by atoms with E-state index in [1.807, 2.05) is 0 Å². The number of rotatable bonds is 4. The number of fused-ring (bicyclic) bond motifs is 8. The van der Waals surface area contributed by atoms with E-state index in [4.69, 9.17) is 14.8 Å². The van der Waals surface area contributed by atoms with Gasteiger partial charge in [-0.25, -0.2) is 14.8 Å². The summed E-state index contributed by atoms with van der Waals surface area (Å²) < 4.78 is 0. The third-order valence-electron chi connectivity index (χ3n) is 11.3. The summed E-state index contributed by atoms with van der Waals surface area (Å²) in [7, 11) is 0. The van der Waals surface area contributed by atoms with E-state index < -0.39 is 21.7 Å². The smallest absolute Gasteiger partial charge is 0.317 e. The average molecular weight is 555 g/mol. The highest BCUT2D eigenvalue weighted by Gasteiger charge is 2.74. The van der Waals surface area contributed by atoms with Gasteiger partial charge in [0.2, 0.25) is 0 Å². The minimum absolute atomic E-state index is 0.0484. The molecule has 9 heteroatoms. The molecular formula is C27H31BrN4O4. The van der Waals surface area contributed by atoms with Gasteiger partial charge >= 0.3 is 5.97 Å². The number of alkyl halides is 1. The van der Waals surface area contributed by atoms with Crippen molar-refractivity contribution >= 4 is 44.3 Å². The Morgan fingerprint density at radius 3 is 2.50 bits per heavy atom. The first-order valence-electron chi connectivity index (χ1n) is 12.7. The van der Waals surface area contributed by atoms with Crippen LogP contribution in [0.15, 0.2) is 23.4 Å². The van der Waals surface area contributed by atoms with Crippen LogP contribution in [0, 0.1) is 32.3 Å². The zero-order valence-corrected chi connectivity index (χ0v) is 22.9. The van der Waals surface area contributed by atoms with Crippen LogP contribution in [-0.2, 0) is 20.5 Å². The topological polar surface area (TPSA) is 108 Å². The van der Waals surface area contributed by atoms with Gasteiger partial charge in [0.25, 0.3) is 5.69 Å². The fourth-order valence-corrected chi connectivity index (χ4v) is 9.08. The Balaban J connectivity index is 1.43. The Morgan fingerprint density at radius 2 is 1.83 bits per heavy atom. The predicted octanol–water partition coefficient (Wildman–Crippen LogP) is 5.99. The van der Waals surface area contributed by atoms with E-state index in [2.05, 4.69) is 55.7 Å². The Morgan fingerprint density at radius 1 is 1.11 bits per heavy atom. The number of nitro benzene ring substituents is 1. The maximum absolute atomic E-state index is 14.0. The largest absolute Gasteiger partial charge is 0.347 e. The molecule has 4 aliphatic rings. The van der Waals surface area contributed by atoms with Gasteiger partial charge in [-0.2, -0.15) is 0 Å². The second kappa shape index (κ2) is 7.11. The van der Waals surface area contributed by atoms with E-state index in [1.54, 1.807) is 6.07 Å². The minimum atomic E-state index is -1.01. The minimum Gasteiger partial charge on any atom is -0.317 e. The number of carbonyl (C=O) groups excluding carboxylic acids is 1. The van der Waals surface area contributed by atoms with Gasteiger partial charge in [0.1, 0.15) is 5.41 Å². The number of hydrogen-bond donors (Lipinski definition) is 0. The van der Waals surface area contributed by atoms with Crippen molar-refractivity contribution in [3.63, 3.8) is 0 Å². The highest BCUT2D eigenvalue weighted by Crippen LogP contribution is 2.70. The van der Waals surface area contributed by atoms with Crippen LogP contribution in [0.3, 0.4) is 0 Å². The fraction of sp³-hybridized carbons (Fsp3) is 0.630. The molecule has 3 fully saturated rings. The maximum atomic E-state index is 14.0. The van der Waals surface area contributed by atoms with Crippen molar-refractivity contribution in [2.24, 2.45) is 27.3 Å². The highest BCUT2D eigenvalue weighted by molar-refractivity contribution is 9.09. The lowest BCUT2D eigenvalue weighted by Crippen LogP contribution is -2.46. The number of aromatic nitrogens is 2. The highest BCUT2D eigenvalue weighted by atomic mass is 79.9. The summed E-state index contributed by atoms with van der Waals surface area (Å²) >= 11 is 3.73. The first-order chi connectivity index (χ1) is 16.9. The van der Waals surface area contributed by atoms with E-state index in [0.29, 0.717) is 29.1 Å². The Bertz CT molecular complexity index is 1390. The molecule has 0 spiro atoms. The first-order valence-corrected chi connectivity index (χ1v) is 13.8. The summed E-state index contributed by atoms with van der Waals surface area (Å²) in [6.07, 6.45) is 4.44. The quantitative estimate of drug-likeness (QED) is 0.199. The molecule has 5 unspecified atom stereocenters.